The van der Waals surface area contributed by atoms with E-state index < -0.39 is 11.9 Å². The van der Waals surface area contributed by atoms with E-state index in [0.29, 0.717) is 45.0 Å². The van der Waals surface area contributed by atoms with Crippen LogP contribution in [0.15, 0.2) is 24.4 Å². The molecule has 0 aromatic carbocycles. The third-order valence-electron chi connectivity index (χ3n) is 5.01. The average Bonchev–Trinajstić information content (AvgIpc) is 2.66. The van der Waals surface area contributed by atoms with E-state index in [9.17, 15) is 9.18 Å². The lowest BCUT2D eigenvalue weighted by atomic mass is 10.0. The van der Waals surface area contributed by atoms with E-state index in [0.717, 1.165) is 16.8 Å². The van der Waals surface area contributed by atoms with Gasteiger partial charge in [0.25, 0.3) is 0 Å². The van der Waals surface area contributed by atoms with Crippen molar-refractivity contribution in [2.75, 3.05) is 36.0 Å². The van der Waals surface area contributed by atoms with Crippen molar-refractivity contribution in [2.45, 2.75) is 26.0 Å². The zero-order valence-electron chi connectivity index (χ0n) is 15.1. The Morgan fingerprint density at radius 2 is 2.11 bits per heavy atom. The van der Waals surface area contributed by atoms with Gasteiger partial charge < -0.3 is 19.6 Å². The largest absolute Gasteiger partial charge is 0.477 e. The molecule has 8 heteroatoms. The van der Waals surface area contributed by atoms with Crippen LogP contribution in [0.1, 0.15) is 28.5 Å². The minimum Gasteiger partial charge on any atom is -0.477 e. The van der Waals surface area contributed by atoms with Crippen LogP contribution in [0.25, 0.3) is 0 Å². The summed E-state index contributed by atoms with van der Waals surface area (Å²) in [5.41, 5.74) is 2.77. The Bertz CT molecular complexity index is 876. The number of hydrogen-bond acceptors (Lipinski definition) is 6. The third-order valence-corrected chi connectivity index (χ3v) is 5.01. The fraction of sp³-hybridized carbons (Fsp3) is 0.421. The van der Waals surface area contributed by atoms with Crippen LogP contribution in [0, 0.1) is 5.95 Å². The van der Waals surface area contributed by atoms with Crippen molar-refractivity contribution in [1.82, 2.24) is 9.97 Å². The zero-order valence-corrected chi connectivity index (χ0v) is 15.1. The number of carboxylic acid groups (broad SMARTS) is 1. The summed E-state index contributed by atoms with van der Waals surface area (Å²) < 4.78 is 19.7. The average molecular weight is 372 g/mol. The van der Waals surface area contributed by atoms with Crippen LogP contribution in [0.5, 0.6) is 0 Å². The lowest BCUT2D eigenvalue weighted by Crippen LogP contribution is -2.41. The first-order chi connectivity index (χ1) is 13.0. The van der Waals surface area contributed by atoms with Gasteiger partial charge in [-0.25, -0.2) is 14.8 Å². The first kappa shape index (κ1) is 17.7. The van der Waals surface area contributed by atoms with E-state index in [2.05, 4.69) is 14.9 Å². The number of aromatic nitrogens is 2. The van der Waals surface area contributed by atoms with Crippen LogP contribution >= 0.6 is 0 Å². The molecule has 2 aliphatic rings. The van der Waals surface area contributed by atoms with Gasteiger partial charge in [0, 0.05) is 50.2 Å². The summed E-state index contributed by atoms with van der Waals surface area (Å²) in [5, 5.41) is 9.08. The molecule has 0 bridgehead atoms. The molecule has 4 rings (SSSR count). The van der Waals surface area contributed by atoms with Crippen LogP contribution < -0.4 is 9.80 Å². The third kappa shape index (κ3) is 3.71. The van der Waals surface area contributed by atoms with Gasteiger partial charge >= 0.3 is 5.97 Å². The molecule has 2 aromatic heterocycles. The normalized spacial score (nSPS) is 19.7. The Hall–Kier alpha value is -2.74. The number of ether oxygens (including phenoxy) is 1. The summed E-state index contributed by atoms with van der Waals surface area (Å²) in [6.07, 6.45) is 2.38. The standard InChI is InChI=1S/C19H21FN4O3/c1-12-10-24(4-5-27-12)18-8-15(7-17(20)22-18)23-3-2-13-6-16(19(25)26)21-9-14(13)11-23/h6-9,12H,2-5,10-11H2,1H3,(H,25,26). The van der Waals surface area contributed by atoms with Crippen LogP contribution in [0.4, 0.5) is 15.9 Å². The molecule has 0 radical (unpaired) electrons. The second-order valence-electron chi connectivity index (χ2n) is 6.95. The molecule has 4 heterocycles. The smallest absolute Gasteiger partial charge is 0.354 e. The van der Waals surface area contributed by atoms with Gasteiger partial charge in [-0.05, 0) is 30.5 Å². The second kappa shape index (κ2) is 7.11. The van der Waals surface area contributed by atoms with Crippen molar-refractivity contribution in [1.29, 1.82) is 0 Å². The highest BCUT2D eigenvalue weighted by Crippen LogP contribution is 2.28. The van der Waals surface area contributed by atoms with Gasteiger partial charge in [-0.2, -0.15) is 4.39 Å². The summed E-state index contributed by atoms with van der Waals surface area (Å²) in [4.78, 5) is 23.3. The number of rotatable bonds is 3. The highest BCUT2D eigenvalue weighted by Gasteiger charge is 2.23. The van der Waals surface area contributed by atoms with Crippen molar-refractivity contribution in [3.63, 3.8) is 0 Å². The van der Waals surface area contributed by atoms with Crippen molar-refractivity contribution in [3.05, 3.63) is 47.2 Å². The Morgan fingerprint density at radius 3 is 2.89 bits per heavy atom. The molecular formula is C19H21FN4O3. The van der Waals surface area contributed by atoms with E-state index in [1.54, 1.807) is 12.3 Å². The van der Waals surface area contributed by atoms with Crippen LogP contribution in [-0.2, 0) is 17.7 Å². The Kier molecular flexibility index (Phi) is 4.65. The van der Waals surface area contributed by atoms with Gasteiger partial charge in [-0.1, -0.05) is 0 Å². The monoisotopic (exact) mass is 372 g/mol. The number of fused-ring (bicyclic) bond motifs is 1. The number of morpholine rings is 1. The molecule has 142 valence electrons. The fourth-order valence-corrected chi connectivity index (χ4v) is 3.62. The molecule has 0 aliphatic carbocycles. The number of hydrogen-bond donors (Lipinski definition) is 1. The first-order valence-electron chi connectivity index (χ1n) is 9.00. The minimum absolute atomic E-state index is 0.0564. The quantitative estimate of drug-likeness (QED) is 0.827. The predicted octanol–water partition coefficient (Wildman–Crippen LogP) is 2.10. The SMILES string of the molecule is CC1CN(c2cc(N3CCc4cc(C(=O)O)ncc4C3)cc(F)n2)CCO1. The van der Waals surface area contributed by atoms with Gasteiger partial charge in [-0.15, -0.1) is 0 Å². The number of pyridine rings is 2. The molecule has 1 fully saturated rings. The van der Waals surface area contributed by atoms with Crippen LogP contribution in [0.3, 0.4) is 0 Å². The van der Waals surface area contributed by atoms with Crippen LogP contribution in [-0.4, -0.2) is 53.4 Å². The number of anilines is 2. The molecule has 1 N–H and O–H groups in total. The number of nitrogens with zero attached hydrogens (tertiary/aromatic N) is 4. The maximum Gasteiger partial charge on any atom is 0.354 e. The highest BCUT2D eigenvalue weighted by molar-refractivity contribution is 5.85. The lowest BCUT2D eigenvalue weighted by molar-refractivity contribution is 0.0529. The maximum atomic E-state index is 14.2. The number of aromatic carboxylic acids is 1. The number of carboxylic acids is 1. The van der Waals surface area contributed by atoms with Gasteiger partial charge in [0.2, 0.25) is 5.95 Å². The van der Waals surface area contributed by atoms with Gasteiger partial charge in [0.05, 0.1) is 12.7 Å². The second-order valence-corrected chi connectivity index (χ2v) is 6.95. The Balaban J connectivity index is 1.58. The summed E-state index contributed by atoms with van der Waals surface area (Å²) in [7, 11) is 0. The predicted molar refractivity (Wildman–Crippen MR) is 97.8 cm³/mol. The fourth-order valence-electron chi connectivity index (χ4n) is 3.62. The van der Waals surface area contributed by atoms with Crippen molar-refractivity contribution < 1.29 is 19.0 Å². The summed E-state index contributed by atoms with van der Waals surface area (Å²) >= 11 is 0. The van der Waals surface area contributed by atoms with Crippen LogP contribution in [0.2, 0.25) is 0 Å². The Morgan fingerprint density at radius 1 is 1.26 bits per heavy atom. The van der Waals surface area contributed by atoms with Crippen molar-refractivity contribution in [2.24, 2.45) is 0 Å². The van der Waals surface area contributed by atoms with E-state index >= 15 is 0 Å². The molecule has 0 spiro atoms. The molecule has 7 nitrogen and oxygen atoms in total. The molecule has 0 amide bonds. The number of carbonyl (C=O) groups is 1. The molecule has 27 heavy (non-hydrogen) atoms. The molecule has 2 aromatic rings. The molecule has 1 atom stereocenters. The first-order valence-corrected chi connectivity index (χ1v) is 9.00. The van der Waals surface area contributed by atoms with E-state index in [1.807, 2.05) is 17.9 Å². The van der Waals surface area contributed by atoms with E-state index in [4.69, 9.17) is 9.84 Å². The topological polar surface area (TPSA) is 78.8 Å². The maximum absolute atomic E-state index is 14.2. The van der Waals surface area contributed by atoms with E-state index in [1.165, 1.54) is 6.07 Å². The molecular weight excluding hydrogens is 351 g/mol. The molecule has 2 aliphatic heterocycles. The highest BCUT2D eigenvalue weighted by atomic mass is 19.1. The van der Waals surface area contributed by atoms with Crippen molar-refractivity contribution in [3.8, 4) is 0 Å². The van der Waals surface area contributed by atoms with Gasteiger partial charge in [-0.3, -0.25) is 0 Å². The van der Waals surface area contributed by atoms with Gasteiger partial charge in [0.1, 0.15) is 11.5 Å². The zero-order chi connectivity index (χ0) is 19.0. The molecule has 1 unspecified atom stereocenters. The molecule has 0 saturated carbocycles. The Labute approximate surface area is 156 Å². The summed E-state index contributed by atoms with van der Waals surface area (Å²) in [6.45, 7) is 5.20. The molecule has 1 saturated heterocycles. The van der Waals surface area contributed by atoms with E-state index in [-0.39, 0.29) is 11.8 Å². The van der Waals surface area contributed by atoms with Crippen molar-refractivity contribution >= 4 is 17.5 Å². The lowest BCUT2D eigenvalue weighted by Gasteiger charge is -2.34. The minimum atomic E-state index is -1.03. The summed E-state index contributed by atoms with van der Waals surface area (Å²) in [5.74, 6) is -0.919. The van der Waals surface area contributed by atoms with Gasteiger partial charge in [0.15, 0.2) is 0 Å². The number of halogens is 1. The summed E-state index contributed by atoms with van der Waals surface area (Å²) in [6, 6.07) is 4.98.